The number of anilines is 2. The lowest BCUT2D eigenvalue weighted by molar-refractivity contribution is -0.131. The normalized spacial score (nSPS) is 19.0. The molecule has 1 saturated heterocycles. The number of para-hydroxylation sites is 2. The summed E-state index contributed by atoms with van der Waals surface area (Å²) in [5, 5.41) is 2.95. The van der Waals surface area contributed by atoms with Crippen LogP contribution in [0.4, 0.5) is 11.4 Å². The molecule has 1 aliphatic heterocycles. The number of hydrogen-bond acceptors (Lipinski definition) is 2. The predicted octanol–water partition coefficient (Wildman–Crippen LogP) is 3.01. The van der Waals surface area contributed by atoms with Gasteiger partial charge in [-0.15, -0.1) is 0 Å². The highest BCUT2D eigenvalue weighted by Gasteiger charge is 2.38. The molecule has 4 heteroatoms. The van der Waals surface area contributed by atoms with Crippen LogP contribution in [0.25, 0.3) is 0 Å². The summed E-state index contributed by atoms with van der Waals surface area (Å²) in [6.45, 7) is 1.79. The van der Waals surface area contributed by atoms with Crippen LogP contribution >= 0.6 is 0 Å². The SMILES string of the molecule is C[C@H]1CC(=O)N(c2ccccc2)N(c2ccccc2)C1=O. The van der Waals surface area contributed by atoms with Crippen molar-refractivity contribution in [1.82, 2.24) is 0 Å². The lowest BCUT2D eigenvalue weighted by Gasteiger charge is -2.40. The largest absolute Gasteiger partial charge is 0.273 e. The van der Waals surface area contributed by atoms with E-state index >= 15 is 0 Å². The molecule has 0 aromatic heterocycles. The number of hydrogen-bond donors (Lipinski definition) is 0. The van der Waals surface area contributed by atoms with Gasteiger partial charge in [-0.2, -0.15) is 0 Å². The van der Waals surface area contributed by atoms with E-state index < -0.39 is 0 Å². The maximum absolute atomic E-state index is 12.6. The van der Waals surface area contributed by atoms with Crippen molar-refractivity contribution in [2.75, 3.05) is 10.0 Å². The first-order chi connectivity index (χ1) is 10.2. The van der Waals surface area contributed by atoms with Crippen molar-refractivity contribution in [3.63, 3.8) is 0 Å². The molecule has 1 heterocycles. The number of nitrogens with zero attached hydrogens (tertiary/aromatic N) is 2. The van der Waals surface area contributed by atoms with Crippen LogP contribution in [0.5, 0.6) is 0 Å². The van der Waals surface area contributed by atoms with Gasteiger partial charge < -0.3 is 0 Å². The highest BCUT2D eigenvalue weighted by atomic mass is 16.2. The molecule has 0 N–H and O–H groups in total. The third-order valence-electron chi connectivity index (χ3n) is 3.55. The zero-order chi connectivity index (χ0) is 14.8. The number of hydrazine groups is 1. The summed E-state index contributed by atoms with van der Waals surface area (Å²) in [7, 11) is 0. The van der Waals surface area contributed by atoms with Gasteiger partial charge in [0.05, 0.1) is 11.4 Å². The molecule has 0 spiro atoms. The van der Waals surface area contributed by atoms with Crippen molar-refractivity contribution in [1.29, 1.82) is 0 Å². The summed E-state index contributed by atoms with van der Waals surface area (Å²) < 4.78 is 0. The highest BCUT2D eigenvalue weighted by molar-refractivity contribution is 6.11. The molecule has 0 bridgehead atoms. The molecule has 1 atom stereocenters. The Labute approximate surface area is 123 Å². The molecule has 1 aliphatic rings. The second-order valence-electron chi connectivity index (χ2n) is 5.13. The third kappa shape index (κ3) is 2.40. The third-order valence-corrected chi connectivity index (χ3v) is 3.55. The van der Waals surface area contributed by atoms with Gasteiger partial charge in [-0.1, -0.05) is 43.3 Å². The Morgan fingerprint density at radius 1 is 0.810 bits per heavy atom. The number of carbonyl (C=O) groups is 2. The Bertz CT molecular complexity index is 655. The monoisotopic (exact) mass is 280 g/mol. The molecule has 0 radical (unpaired) electrons. The second-order valence-corrected chi connectivity index (χ2v) is 5.13. The highest BCUT2D eigenvalue weighted by Crippen LogP contribution is 2.30. The van der Waals surface area contributed by atoms with Gasteiger partial charge in [-0.3, -0.25) is 9.59 Å². The minimum Gasteiger partial charge on any atom is -0.273 e. The minimum atomic E-state index is -0.308. The van der Waals surface area contributed by atoms with Crippen molar-refractivity contribution < 1.29 is 9.59 Å². The lowest BCUT2D eigenvalue weighted by atomic mass is 10.0. The summed E-state index contributed by atoms with van der Waals surface area (Å²) in [6.07, 6.45) is 0.233. The molecular formula is C17H16N2O2. The first kappa shape index (κ1) is 13.4. The van der Waals surface area contributed by atoms with E-state index in [4.69, 9.17) is 0 Å². The Kier molecular flexibility index (Phi) is 3.44. The Hall–Kier alpha value is -2.62. The summed E-state index contributed by atoms with van der Waals surface area (Å²) in [5.74, 6) is -0.445. The summed E-state index contributed by atoms with van der Waals surface area (Å²) in [5.41, 5.74) is 1.40. The Morgan fingerprint density at radius 3 is 1.81 bits per heavy atom. The van der Waals surface area contributed by atoms with Crippen LogP contribution in [0.3, 0.4) is 0 Å². The molecule has 2 amide bonds. The summed E-state index contributed by atoms with van der Waals surface area (Å²) in [4.78, 5) is 25.1. The smallest absolute Gasteiger partial charge is 0.249 e. The molecule has 106 valence electrons. The fourth-order valence-corrected chi connectivity index (χ4v) is 2.50. The fourth-order valence-electron chi connectivity index (χ4n) is 2.50. The maximum atomic E-state index is 12.6. The molecule has 2 aromatic carbocycles. The molecule has 21 heavy (non-hydrogen) atoms. The molecular weight excluding hydrogens is 264 g/mol. The predicted molar refractivity (Wildman–Crippen MR) is 81.6 cm³/mol. The number of benzene rings is 2. The van der Waals surface area contributed by atoms with Gasteiger partial charge in [-0.25, -0.2) is 10.0 Å². The van der Waals surface area contributed by atoms with E-state index in [9.17, 15) is 9.59 Å². The molecule has 0 saturated carbocycles. The van der Waals surface area contributed by atoms with Gasteiger partial charge in [0.1, 0.15) is 0 Å². The van der Waals surface area contributed by atoms with Gasteiger partial charge in [0, 0.05) is 12.3 Å². The van der Waals surface area contributed by atoms with Crippen LogP contribution in [0.15, 0.2) is 60.7 Å². The van der Waals surface area contributed by atoms with Crippen molar-refractivity contribution in [3.8, 4) is 0 Å². The molecule has 1 fully saturated rings. The molecule has 4 nitrogen and oxygen atoms in total. The average Bonchev–Trinajstić information content (AvgIpc) is 2.52. The van der Waals surface area contributed by atoms with Gasteiger partial charge in [0.15, 0.2) is 0 Å². The number of amides is 2. The van der Waals surface area contributed by atoms with Crippen LogP contribution in [-0.2, 0) is 9.59 Å². The molecule has 0 aliphatic carbocycles. The topological polar surface area (TPSA) is 40.6 Å². The van der Waals surface area contributed by atoms with Crippen molar-refractivity contribution in [2.24, 2.45) is 5.92 Å². The minimum absolute atomic E-state index is 0.0651. The van der Waals surface area contributed by atoms with E-state index in [0.717, 1.165) is 0 Å². The lowest BCUT2D eigenvalue weighted by Crippen LogP contribution is -2.57. The Morgan fingerprint density at radius 2 is 1.29 bits per heavy atom. The maximum Gasteiger partial charge on any atom is 0.249 e. The van der Waals surface area contributed by atoms with Gasteiger partial charge in [0.25, 0.3) is 0 Å². The van der Waals surface area contributed by atoms with Gasteiger partial charge >= 0.3 is 0 Å². The second kappa shape index (κ2) is 5.40. The van der Waals surface area contributed by atoms with Crippen LogP contribution in [0.1, 0.15) is 13.3 Å². The van der Waals surface area contributed by atoms with Crippen molar-refractivity contribution in [2.45, 2.75) is 13.3 Å². The van der Waals surface area contributed by atoms with Crippen LogP contribution < -0.4 is 10.0 Å². The zero-order valence-corrected chi connectivity index (χ0v) is 11.8. The number of rotatable bonds is 2. The molecule has 3 rings (SSSR count). The zero-order valence-electron chi connectivity index (χ0n) is 11.8. The van der Waals surface area contributed by atoms with Crippen LogP contribution in [0, 0.1) is 5.92 Å². The van der Waals surface area contributed by atoms with E-state index in [1.807, 2.05) is 60.7 Å². The standard InChI is InChI=1S/C17H16N2O2/c1-13-12-16(20)18(14-8-4-2-5-9-14)19(17(13)21)15-10-6-3-7-11-15/h2-11,13H,12H2,1H3/t13-/m0/s1. The van der Waals surface area contributed by atoms with E-state index in [-0.39, 0.29) is 24.2 Å². The summed E-state index contributed by atoms with van der Waals surface area (Å²) in [6, 6.07) is 18.5. The van der Waals surface area contributed by atoms with Crippen LogP contribution in [-0.4, -0.2) is 11.8 Å². The van der Waals surface area contributed by atoms with E-state index in [1.54, 1.807) is 6.92 Å². The fraction of sp³-hybridized carbons (Fsp3) is 0.176. The molecule has 0 unspecified atom stereocenters. The average molecular weight is 280 g/mol. The van der Waals surface area contributed by atoms with Crippen LogP contribution in [0.2, 0.25) is 0 Å². The Balaban J connectivity index is 2.09. The van der Waals surface area contributed by atoms with E-state index in [0.29, 0.717) is 11.4 Å². The van der Waals surface area contributed by atoms with Crippen molar-refractivity contribution in [3.05, 3.63) is 60.7 Å². The van der Waals surface area contributed by atoms with E-state index in [1.165, 1.54) is 10.0 Å². The summed E-state index contributed by atoms with van der Waals surface area (Å²) >= 11 is 0. The van der Waals surface area contributed by atoms with Gasteiger partial charge in [-0.05, 0) is 24.3 Å². The van der Waals surface area contributed by atoms with Crippen molar-refractivity contribution >= 4 is 23.2 Å². The quantitative estimate of drug-likeness (QED) is 0.848. The first-order valence-corrected chi connectivity index (χ1v) is 6.95. The first-order valence-electron chi connectivity index (χ1n) is 6.95. The molecule has 2 aromatic rings. The van der Waals surface area contributed by atoms with Gasteiger partial charge in [0.2, 0.25) is 11.8 Å². The number of carbonyl (C=O) groups excluding carboxylic acids is 2. The van der Waals surface area contributed by atoms with E-state index in [2.05, 4.69) is 0 Å².